The molecule has 3 nitrogen and oxygen atoms in total. The van der Waals surface area contributed by atoms with Gasteiger partial charge in [0.05, 0.1) is 22.4 Å². The molecule has 0 spiro atoms. The molecular formula is C14H18BrN3. The third kappa shape index (κ3) is 2.35. The van der Waals surface area contributed by atoms with E-state index in [-0.39, 0.29) is 6.04 Å². The zero-order chi connectivity index (χ0) is 13.3. The minimum Gasteiger partial charge on any atom is -0.319 e. The second-order valence-corrected chi connectivity index (χ2v) is 5.37. The van der Waals surface area contributed by atoms with Gasteiger partial charge in [0.1, 0.15) is 0 Å². The number of rotatable bonds is 3. The van der Waals surface area contributed by atoms with Gasteiger partial charge in [0.2, 0.25) is 0 Å². The SMILES string of the molecule is CCn1ncc(Br)c1C(N)c1ccc(C)c(C)c1. The lowest BCUT2D eigenvalue weighted by atomic mass is 9.99. The number of halogens is 1. The molecule has 0 fully saturated rings. The Kier molecular flexibility index (Phi) is 3.88. The molecule has 0 aliphatic heterocycles. The van der Waals surface area contributed by atoms with Crippen LogP contribution in [0, 0.1) is 13.8 Å². The standard InChI is InChI=1S/C14H18BrN3/c1-4-18-14(12(15)8-17-18)13(16)11-6-5-9(2)10(3)7-11/h5-8,13H,4,16H2,1-3H3. The summed E-state index contributed by atoms with van der Waals surface area (Å²) in [5.74, 6) is 0. The van der Waals surface area contributed by atoms with Crippen molar-refractivity contribution in [3.05, 3.63) is 51.3 Å². The summed E-state index contributed by atoms with van der Waals surface area (Å²) in [7, 11) is 0. The van der Waals surface area contributed by atoms with Crippen LogP contribution in [0.3, 0.4) is 0 Å². The van der Waals surface area contributed by atoms with Gasteiger partial charge in [-0.2, -0.15) is 5.10 Å². The molecule has 96 valence electrons. The third-order valence-electron chi connectivity index (χ3n) is 3.32. The van der Waals surface area contributed by atoms with Crippen molar-refractivity contribution in [2.45, 2.75) is 33.4 Å². The second-order valence-electron chi connectivity index (χ2n) is 4.51. The molecule has 0 aliphatic rings. The molecule has 0 amide bonds. The van der Waals surface area contributed by atoms with E-state index in [1.165, 1.54) is 11.1 Å². The fourth-order valence-corrected chi connectivity index (χ4v) is 2.59. The van der Waals surface area contributed by atoms with Crippen LogP contribution in [0.15, 0.2) is 28.9 Å². The van der Waals surface area contributed by atoms with Gasteiger partial charge in [-0.25, -0.2) is 0 Å². The lowest BCUT2D eigenvalue weighted by Crippen LogP contribution is -2.17. The fraction of sp³-hybridized carbons (Fsp3) is 0.357. The van der Waals surface area contributed by atoms with E-state index in [0.29, 0.717) is 0 Å². The first-order valence-electron chi connectivity index (χ1n) is 6.08. The molecule has 2 aromatic rings. The summed E-state index contributed by atoms with van der Waals surface area (Å²) in [5.41, 5.74) is 11.1. The summed E-state index contributed by atoms with van der Waals surface area (Å²) in [5, 5.41) is 4.31. The number of aryl methyl sites for hydroxylation is 3. The molecule has 1 heterocycles. The zero-order valence-electron chi connectivity index (χ0n) is 10.9. The molecule has 18 heavy (non-hydrogen) atoms. The Morgan fingerprint density at radius 1 is 1.33 bits per heavy atom. The van der Waals surface area contributed by atoms with Gasteiger partial charge < -0.3 is 5.73 Å². The van der Waals surface area contributed by atoms with Gasteiger partial charge in [-0.15, -0.1) is 0 Å². The van der Waals surface area contributed by atoms with Crippen molar-refractivity contribution in [3.63, 3.8) is 0 Å². The Bertz CT molecular complexity index is 560. The molecule has 1 aromatic carbocycles. The van der Waals surface area contributed by atoms with Crippen molar-refractivity contribution in [3.8, 4) is 0 Å². The van der Waals surface area contributed by atoms with E-state index in [4.69, 9.17) is 5.73 Å². The van der Waals surface area contributed by atoms with E-state index in [2.05, 4.69) is 60.0 Å². The van der Waals surface area contributed by atoms with Crippen LogP contribution in [0.5, 0.6) is 0 Å². The van der Waals surface area contributed by atoms with Gasteiger partial charge in [0.25, 0.3) is 0 Å². The van der Waals surface area contributed by atoms with Crippen LogP contribution in [0.2, 0.25) is 0 Å². The average molecular weight is 308 g/mol. The van der Waals surface area contributed by atoms with Crippen molar-refractivity contribution < 1.29 is 0 Å². The fourth-order valence-electron chi connectivity index (χ4n) is 2.05. The Hall–Kier alpha value is -1.13. The first-order chi connectivity index (χ1) is 8.54. The largest absolute Gasteiger partial charge is 0.319 e. The van der Waals surface area contributed by atoms with Crippen LogP contribution in [0.1, 0.15) is 35.3 Å². The number of nitrogens with two attached hydrogens (primary N) is 1. The number of aromatic nitrogens is 2. The topological polar surface area (TPSA) is 43.8 Å². The number of hydrogen-bond acceptors (Lipinski definition) is 2. The quantitative estimate of drug-likeness (QED) is 0.945. The maximum Gasteiger partial charge on any atom is 0.0738 e. The van der Waals surface area contributed by atoms with E-state index < -0.39 is 0 Å². The summed E-state index contributed by atoms with van der Waals surface area (Å²) >= 11 is 3.53. The molecule has 0 saturated heterocycles. The predicted octanol–water partition coefficient (Wildman–Crippen LogP) is 3.33. The first-order valence-corrected chi connectivity index (χ1v) is 6.87. The number of nitrogens with zero attached hydrogens (tertiary/aromatic N) is 2. The molecule has 1 atom stereocenters. The highest BCUT2D eigenvalue weighted by molar-refractivity contribution is 9.10. The summed E-state index contributed by atoms with van der Waals surface area (Å²) in [4.78, 5) is 0. The highest BCUT2D eigenvalue weighted by atomic mass is 79.9. The van der Waals surface area contributed by atoms with Crippen LogP contribution >= 0.6 is 15.9 Å². The van der Waals surface area contributed by atoms with E-state index in [1.54, 1.807) is 6.20 Å². The van der Waals surface area contributed by atoms with Crippen LogP contribution < -0.4 is 5.73 Å². The van der Waals surface area contributed by atoms with Crippen LogP contribution in [-0.4, -0.2) is 9.78 Å². The van der Waals surface area contributed by atoms with E-state index >= 15 is 0 Å². The molecule has 0 bridgehead atoms. The van der Waals surface area contributed by atoms with Crippen molar-refractivity contribution in [2.75, 3.05) is 0 Å². The Labute approximate surface area is 116 Å². The summed E-state index contributed by atoms with van der Waals surface area (Å²) < 4.78 is 2.90. The number of hydrogen-bond donors (Lipinski definition) is 1. The highest BCUT2D eigenvalue weighted by Gasteiger charge is 2.17. The van der Waals surface area contributed by atoms with Gasteiger partial charge in [0, 0.05) is 6.54 Å². The summed E-state index contributed by atoms with van der Waals surface area (Å²) in [6.07, 6.45) is 1.81. The molecule has 0 radical (unpaired) electrons. The first kappa shape index (κ1) is 13.3. The third-order valence-corrected chi connectivity index (χ3v) is 3.93. The summed E-state index contributed by atoms with van der Waals surface area (Å²) in [6, 6.07) is 6.21. The maximum absolute atomic E-state index is 6.37. The molecule has 1 unspecified atom stereocenters. The van der Waals surface area contributed by atoms with E-state index in [9.17, 15) is 0 Å². The highest BCUT2D eigenvalue weighted by Crippen LogP contribution is 2.27. The molecule has 2 N–H and O–H groups in total. The zero-order valence-corrected chi connectivity index (χ0v) is 12.5. The van der Waals surface area contributed by atoms with Crippen molar-refractivity contribution >= 4 is 15.9 Å². The molecule has 1 aromatic heterocycles. The van der Waals surface area contributed by atoms with Crippen LogP contribution in [0.25, 0.3) is 0 Å². The lowest BCUT2D eigenvalue weighted by Gasteiger charge is -2.16. The van der Waals surface area contributed by atoms with Gasteiger partial charge in [-0.3, -0.25) is 4.68 Å². The normalized spacial score (nSPS) is 12.7. The van der Waals surface area contributed by atoms with E-state index in [1.807, 2.05) is 4.68 Å². The van der Waals surface area contributed by atoms with Crippen molar-refractivity contribution in [1.82, 2.24) is 9.78 Å². The van der Waals surface area contributed by atoms with Gasteiger partial charge in [-0.05, 0) is 53.4 Å². The Morgan fingerprint density at radius 3 is 2.67 bits per heavy atom. The molecule has 4 heteroatoms. The summed E-state index contributed by atoms with van der Waals surface area (Å²) in [6.45, 7) is 7.10. The monoisotopic (exact) mass is 307 g/mol. The minimum absolute atomic E-state index is 0.152. The van der Waals surface area contributed by atoms with Gasteiger partial charge in [0.15, 0.2) is 0 Å². The molecule has 0 saturated carbocycles. The van der Waals surface area contributed by atoms with Gasteiger partial charge in [-0.1, -0.05) is 18.2 Å². The van der Waals surface area contributed by atoms with Gasteiger partial charge >= 0.3 is 0 Å². The molecular weight excluding hydrogens is 290 g/mol. The minimum atomic E-state index is -0.152. The van der Waals surface area contributed by atoms with Crippen LogP contribution in [0.4, 0.5) is 0 Å². The molecule has 2 rings (SSSR count). The van der Waals surface area contributed by atoms with Crippen LogP contribution in [-0.2, 0) is 6.54 Å². The predicted molar refractivity (Wildman–Crippen MR) is 77.5 cm³/mol. The lowest BCUT2D eigenvalue weighted by molar-refractivity contribution is 0.599. The van der Waals surface area contributed by atoms with Crippen molar-refractivity contribution in [1.29, 1.82) is 0 Å². The maximum atomic E-state index is 6.37. The Balaban J connectivity index is 2.44. The second kappa shape index (κ2) is 5.24. The number of benzene rings is 1. The smallest absolute Gasteiger partial charge is 0.0738 e. The Morgan fingerprint density at radius 2 is 2.06 bits per heavy atom. The molecule has 0 aliphatic carbocycles. The average Bonchev–Trinajstić information content (AvgIpc) is 2.73. The van der Waals surface area contributed by atoms with E-state index in [0.717, 1.165) is 22.3 Å². The van der Waals surface area contributed by atoms with Crippen molar-refractivity contribution in [2.24, 2.45) is 5.73 Å².